The Morgan fingerprint density at radius 2 is 1.50 bits per heavy atom. The first-order valence-electron chi connectivity index (χ1n) is 6.56. The highest BCUT2D eigenvalue weighted by atomic mass is 16.6. The third-order valence-electron chi connectivity index (χ3n) is 2.90. The van der Waals surface area contributed by atoms with Gasteiger partial charge in [-0.15, -0.1) is 6.42 Å². The number of amides is 1. The first kappa shape index (κ1) is 16.6. The lowest BCUT2D eigenvalue weighted by molar-refractivity contribution is 0.0696. The van der Waals surface area contributed by atoms with Crippen molar-refractivity contribution >= 4 is 23.7 Å². The van der Waals surface area contributed by atoms with E-state index in [0.29, 0.717) is 5.56 Å². The molecule has 0 spiro atoms. The molecule has 0 radical (unpaired) electrons. The van der Waals surface area contributed by atoms with Gasteiger partial charge in [0.05, 0.1) is 11.1 Å². The van der Waals surface area contributed by atoms with Gasteiger partial charge in [0.15, 0.2) is 0 Å². The molecule has 2 aromatic rings. The largest absolute Gasteiger partial charge is 0.478 e. The molecule has 0 aliphatic rings. The molecule has 7 nitrogen and oxygen atoms in total. The molecule has 2 aromatic carbocycles. The second-order valence-electron chi connectivity index (χ2n) is 4.59. The Morgan fingerprint density at radius 3 is 1.96 bits per heavy atom. The van der Waals surface area contributed by atoms with Gasteiger partial charge in [0.1, 0.15) is 5.75 Å². The van der Waals surface area contributed by atoms with Gasteiger partial charge in [-0.05, 0) is 42.5 Å². The summed E-state index contributed by atoms with van der Waals surface area (Å²) >= 11 is 0. The van der Waals surface area contributed by atoms with E-state index < -0.39 is 18.0 Å². The van der Waals surface area contributed by atoms with Crippen LogP contribution in [0.5, 0.6) is 5.75 Å². The summed E-state index contributed by atoms with van der Waals surface area (Å²) in [4.78, 5) is 33.9. The summed E-state index contributed by atoms with van der Waals surface area (Å²) in [6.45, 7) is 0. The molecule has 7 heteroatoms. The van der Waals surface area contributed by atoms with Crippen LogP contribution in [0.3, 0.4) is 0 Å². The van der Waals surface area contributed by atoms with Gasteiger partial charge in [0, 0.05) is 11.3 Å². The van der Waals surface area contributed by atoms with Gasteiger partial charge in [-0.1, -0.05) is 5.92 Å². The molecule has 0 aromatic heterocycles. The molecule has 3 N–H and O–H groups in total. The van der Waals surface area contributed by atoms with Crippen molar-refractivity contribution in [2.24, 2.45) is 0 Å². The minimum Gasteiger partial charge on any atom is -0.478 e. The van der Waals surface area contributed by atoms with E-state index in [1.807, 2.05) is 0 Å². The van der Waals surface area contributed by atoms with Gasteiger partial charge in [-0.3, -0.25) is 5.32 Å². The number of ether oxygens (including phenoxy) is 1. The maximum atomic E-state index is 11.8. The number of benzene rings is 2. The maximum absolute atomic E-state index is 11.8. The Kier molecular flexibility index (Phi) is 4.82. The summed E-state index contributed by atoms with van der Waals surface area (Å²) in [7, 11) is 0. The van der Waals surface area contributed by atoms with Crippen LogP contribution in [0.15, 0.2) is 42.5 Å². The number of carbonyl (C=O) groups excluding carboxylic acids is 1. The average Bonchev–Trinajstić information content (AvgIpc) is 2.55. The topological polar surface area (TPSA) is 113 Å². The van der Waals surface area contributed by atoms with E-state index in [9.17, 15) is 14.4 Å². The number of anilines is 1. The molecule has 0 fully saturated rings. The van der Waals surface area contributed by atoms with Gasteiger partial charge < -0.3 is 14.9 Å². The molecule has 0 heterocycles. The zero-order chi connectivity index (χ0) is 17.7. The fourth-order valence-corrected chi connectivity index (χ4v) is 1.82. The molecule has 1 amide bonds. The minimum absolute atomic E-state index is 0.0162. The van der Waals surface area contributed by atoms with E-state index in [2.05, 4.69) is 11.2 Å². The van der Waals surface area contributed by atoms with E-state index in [1.165, 1.54) is 12.1 Å². The lowest BCUT2D eigenvalue weighted by atomic mass is 10.1. The zero-order valence-corrected chi connectivity index (χ0v) is 12.1. The third kappa shape index (κ3) is 4.11. The van der Waals surface area contributed by atoms with Crippen molar-refractivity contribution < 1.29 is 29.3 Å². The SMILES string of the molecule is C#Cc1ccc(OC(=O)Nc2cc(C(=O)O)cc(C(=O)O)c2)cc1. The van der Waals surface area contributed by atoms with Crippen LogP contribution in [0.1, 0.15) is 26.3 Å². The van der Waals surface area contributed by atoms with E-state index >= 15 is 0 Å². The summed E-state index contributed by atoms with van der Waals surface area (Å²) < 4.78 is 5.01. The quantitative estimate of drug-likeness (QED) is 0.745. The van der Waals surface area contributed by atoms with Crippen LogP contribution in [0, 0.1) is 12.3 Å². The number of nitrogens with one attached hydrogen (secondary N) is 1. The number of aromatic carboxylic acids is 2. The molecule has 0 atom stereocenters. The second kappa shape index (κ2) is 6.98. The number of carboxylic acid groups (broad SMARTS) is 2. The maximum Gasteiger partial charge on any atom is 0.417 e. The molecular formula is C17H11NO6. The zero-order valence-electron chi connectivity index (χ0n) is 12.1. The minimum atomic E-state index is -1.32. The second-order valence-corrected chi connectivity index (χ2v) is 4.59. The number of hydrogen-bond acceptors (Lipinski definition) is 4. The Balaban J connectivity index is 2.17. The van der Waals surface area contributed by atoms with E-state index in [4.69, 9.17) is 21.4 Å². The van der Waals surface area contributed by atoms with E-state index in [-0.39, 0.29) is 22.6 Å². The van der Waals surface area contributed by atoms with Crippen LogP contribution in [0.2, 0.25) is 0 Å². The number of hydrogen-bond donors (Lipinski definition) is 3. The van der Waals surface area contributed by atoms with E-state index in [0.717, 1.165) is 18.2 Å². The fraction of sp³-hybridized carbons (Fsp3) is 0. The summed E-state index contributed by atoms with van der Waals surface area (Å²) in [6, 6.07) is 9.37. The number of rotatable bonds is 4. The van der Waals surface area contributed by atoms with Crippen LogP contribution < -0.4 is 10.1 Å². The predicted octanol–water partition coefficient (Wildman–Crippen LogP) is 2.68. The summed E-state index contributed by atoms with van der Waals surface area (Å²) in [5.74, 6) is -0.00477. The molecular weight excluding hydrogens is 314 g/mol. The smallest absolute Gasteiger partial charge is 0.417 e. The number of carbonyl (C=O) groups is 3. The predicted molar refractivity (Wildman–Crippen MR) is 84.4 cm³/mol. The molecule has 0 aliphatic carbocycles. The summed E-state index contributed by atoms with van der Waals surface area (Å²) in [6.07, 6.45) is 4.31. The van der Waals surface area contributed by atoms with Crippen LogP contribution in [0.4, 0.5) is 10.5 Å². The first-order chi connectivity index (χ1) is 11.4. The molecule has 0 bridgehead atoms. The Hall–Kier alpha value is -3.79. The van der Waals surface area contributed by atoms with Crippen molar-refractivity contribution in [2.45, 2.75) is 0 Å². The Morgan fingerprint density at radius 1 is 0.958 bits per heavy atom. The summed E-state index contributed by atoms with van der Waals surface area (Å²) in [5, 5.41) is 20.2. The summed E-state index contributed by atoms with van der Waals surface area (Å²) in [5.41, 5.74) is 0.0488. The highest BCUT2D eigenvalue weighted by Crippen LogP contribution is 2.17. The van der Waals surface area contributed by atoms with Crippen molar-refractivity contribution in [1.82, 2.24) is 0 Å². The lowest BCUT2D eigenvalue weighted by Crippen LogP contribution is -2.17. The van der Waals surface area contributed by atoms with Gasteiger partial charge in [-0.25, -0.2) is 14.4 Å². The highest BCUT2D eigenvalue weighted by Gasteiger charge is 2.13. The highest BCUT2D eigenvalue weighted by molar-refractivity contribution is 5.97. The normalized spacial score (nSPS) is 9.62. The first-order valence-corrected chi connectivity index (χ1v) is 6.56. The van der Waals surface area contributed by atoms with Crippen molar-refractivity contribution in [3.8, 4) is 18.1 Å². The number of carboxylic acids is 2. The Bertz CT molecular complexity index is 816. The molecule has 0 aliphatic heterocycles. The third-order valence-corrected chi connectivity index (χ3v) is 2.90. The fourth-order valence-electron chi connectivity index (χ4n) is 1.82. The molecule has 24 heavy (non-hydrogen) atoms. The van der Waals surface area contributed by atoms with Crippen LogP contribution in [-0.4, -0.2) is 28.2 Å². The monoisotopic (exact) mass is 325 g/mol. The molecule has 0 unspecified atom stereocenters. The van der Waals surface area contributed by atoms with Crippen molar-refractivity contribution in [3.63, 3.8) is 0 Å². The van der Waals surface area contributed by atoms with Gasteiger partial charge in [0.2, 0.25) is 0 Å². The number of terminal acetylenes is 1. The van der Waals surface area contributed by atoms with E-state index in [1.54, 1.807) is 12.1 Å². The Labute approximate surface area is 136 Å². The van der Waals surface area contributed by atoms with Gasteiger partial charge >= 0.3 is 18.0 Å². The lowest BCUT2D eigenvalue weighted by Gasteiger charge is -2.08. The molecule has 0 saturated carbocycles. The van der Waals surface area contributed by atoms with Gasteiger partial charge in [-0.2, -0.15) is 0 Å². The molecule has 2 rings (SSSR count). The van der Waals surface area contributed by atoms with Crippen molar-refractivity contribution in [3.05, 3.63) is 59.2 Å². The van der Waals surface area contributed by atoms with Crippen LogP contribution >= 0.6 is 0 Å². The van der Waals surface area contributed by atoms with Crippen molar-refractivity contribution in [2.75, 3.05) is 5.32 Å². The standard InChI is InChI=1S/C17H11NO6/c1-2-10-3-5-14(6-4-10)24-17(23)18-13-8-11(15(19)20)7-12(9-13)16(21)22/h1,3-9H,(H,18,23)(H,19,20)(H,21,22). The van der Waals surface area contributed by atoms with Crippen molar-refractivity contribution in [1.29, 1.82) is 0 Å². The van der Waals surface area contributed by atoms with Gasteiger partial charge in [0.25, 0.3) is 0 Å². The molecule has 120 valence electrons. The van der Waals surface area contributed by atoms with Crippen LogP contribution in [-0.2, 0) is 0 Å². The van der Waals surface area contributed by atoms with Crippen LogP contribution in [0.25, 0.3) is 0 Å². The average molecular weight is 325 g/mol. The molecule has 0 saturated heterocycles.